The maximum Gasteiger partial charge on any atom is 0.236 e. The van der Waals surface area contributed by atoms with Gasteiger partial charge in [0, 0.05) is 30.6 Å². The lowest BCUT2D eigenvalue weighted by atomic mass is 9.88. The summed E-state index contributed by atoms with van der Waals surface area (Å²) in [5.41, 5.74) is 3.11. The van der Waals surface area contributed by atoms with Crippen molar-refractivity contribution in [1.82, 2.24) is 34.5 Å². The Bertz CT molecular complexity index is 1390. The van der Waals surface area contributed by atoms with Crippen LogP contribution in [0.3, 0.4) is 0 Å². The molecule has 0 atom stereocenters. The number of hydrogen-bond acceptors (Lipinski definition) is 7. The highest BCUT2D eigenvalue weighted by Gasteiger charge is 2.24. The maximum absolute atomic E-state index is 6.25. The summed E-state index contributed by atoms with van der Waals surface area (Å²) in [5, 5.41) is 17.4. The average Bonchev–Trinajstić information content (AvgIpc) is 3.51. The lowest BCUT2D eigenvalue weighted by Gasteiger charge is -2.22. The first-order valence-corrected chi connectivity index (χ1v) is 10.8. The van der Waals surface area contributed by atoms with Gasteiger partial charge in [0.2, 0.25) is 11.7 Å². The second-order valence-electron chi connectivity index (χ2n) is 8.98. The number of benzene rings is 1. The number of fused-ring (bicyclic) bond motifs is 1. The summed E-state index contributed by atoms with van der Waals surface area (Å²) in [6, 6.07) is 14.0. The summed E-state index contributed by atoms with van der Waals surface area (Å²) < 4.78 is 15.2. The van der Waals surface area contributed by atoms with Gasteiger partial charge in [0.15, 0.2) is 11.3 Å². The Balaban J connectivity index is 1.48. The van der Waals surface area contributed by atoms with E-state index < -0.39 is 0 Å². The van der Waals surface area contributed by atoms with Crippen LogP contribution in [0.4, 0.5) is 0 Å². The van der Waals surface area contributed by atoms with Crippen LogP contribution < -0.4 is 4.74 Å². The molecule has 1 aromatic carbocycles. The number of nitrogens with zero attached hydrogens (tertiary/aromatic N) is 7. The molecule has 0 amide bonds. The maximum atomic E-state index is 6.25. The first kappa shape index (κ1) is 20.9. The Morgan fingerprint density at radius 3 is 2.61 bits per heavy atom. The van der Waals surface area contributed by atoms with Crippen LogP contribution in [0.1, 0.15) is 43.5 Å². The third kappa shape index (κ3) is 4.21. The van der Waals surface area contributed by atoms with Crippen LogP contribution in [0.2, 0.25) is 0 Å². The van der Waals surface area contributed by atoms with Gasteiger partial charge in [-0.25, -0.2) is 4.98 Å². The number of aryl methyl sites for hydroxylation is 1. The molecule has 0 aliphatic rings. The first-order valence-electron chi connectivity index (χ1n) is 10.8. The van der Waals surface area contributed by atoms with Crippen LogP contribution in [-0.4, -0.2) is 34.5 Å². The van der Waals surface area contributed by atoms with Gasteiger partial charge in [0.05, 0.1) is 0 Å². The molecule has 0 bridgehead atoms. The first-order chi connectivity index (χ1) is 15.9. The minimum absolute atomic E-state index is 0.208. The quantitative estimate of drug-likeness (QED) is 0.388. The van der Waals surface area contributed by atoms with E-state index >= 15 is 0 Å². The van der Waals surface area contributed by atoms with E-state index in [9.17, 15) is 0 Å². The Morgan fingerprint density at radius 2 is 1.88 bits per heavy atom. The standard InChI is InChI=1S/C24H25N7O2/c1-16-12-19(29-33-16)22-27-26-20-13-18(24(2,3)4)23(28-31(20)22)32-15-21-25-10-11-30(21)14-17-8-6-5-7-9-17/h5-13H,14-15H2,1-4H3. The minimum atomic E-state index is -0.208. The second-order valence-corrected chi connectivity index (χ2v) is 8.98. The molecule has 33 heavy (non-hydrogen) atoms. The molecule has 168 valence electrons. The molecule has 0 aliphatic carbocycles. The highest BCUT2D eigenvalue weighted by atomic mass is 16.5. The van der Waals surface area contributed by atoms with Gasteiger partial charge in [0.1, 0.15) is 18.2 Å². The van der Waals surface area contributed by atoms with E-state index in [1.807, 2.05) is 37.4 Å². The van der Waals surface area contributed by atoms with E-state index in [0.717, 1.165) is 17.9 Å². The molecule has 9 heteroatoms. The fourth-order valence-corrected chi connectivity index (χ4v) is 3.63. The zero-order valence-corrected chi connectivity index (χ0v) is 19.1. The summed E-state index contributed by atoms with van der Waals surface area (Å²) in [5.74, 6) is 2.51. The third-order valence-electron chi connectivity index (χ3n) is 5.36. The lowest BCUT2D eigenvalue weighted by molar-refractivity contribution is 0.267. The van der Waals surface area contributed by atoms with Gasteiger partial charge in [-0.3, -0.25) is 0 Å². The van der Waals surface area contributed by atoms with Gasteiger partial charge in [-0.05, 0) is 24.0 Å². The molecule has 0 saturated carbocycles. The second kappa shape index (κ2) is 8.16. The van der Waals surface area contributed by atoms with Crippen LogP contribution in [0.5, 0.6) is 5.88 Å². The van der Waals surface area contributed by atoms with Crippen molar-refractivity contribution in [2.75, 3.05) is 0 Å². The van der Waals surface area contributed by atoms with Crippen LogP contribution in [0, 0.1) is 6.92 Å². The zero-order valence-electron chi connectivity index (χ0n) is 19.1. The molecule has 9 nitrogen and oxygen atoms in total. The molecule has 0 spiro atoms. The SMILES string of the molecule is Cc1cc(-c2nnc3cc(C(C)(C)C)c(OCc4nccn4Cc4ccccc4)nn23)no1. The van der Waals surface area contributed by atoms with Gasteiger partial charge in [0.25, 0.3) is 0 Å². The summed E-state index contributed by atoms with van der Waals surface area (Å²) in [7, 11) is 0. The van der Waals surface area contributed by atoms with Crippen molar-refractivity contribution in [1.29, 1.82) is 0 Å². The van der Waals surface area contributed by atoms with Crippen LogP contribution >= 0.6 is 0 Å². The monoisotopic (exact) mass is 443 g/mol. The van der Waals surface area contributed by atoms with E-state index in [0.29, 0.717) is 28.8 Å². The number of imidazole rings is 1. The Hall–Kier alpha value is -4.01. The van der Waals surface area contributed by atoms with Gasteiger partial charge < -0.3 is 13.8 Å². The average molecular weight is 444 g/mol. The van der Waals surface area contributed by atoms with Gasteiger partial charge >= 0.3 is 0 Å². The molecule has 4 heterocycles. The lowest BCUT2D eigenvalue weighted by Crippen LogP contribution is -2.17. The van der Waals surface area contributed by atoms with E-state index in [1.54, 1.807) is 16.8 Å². The van der Waals surface area contributed by atoms with Gasteiger partial charge in [-0.2, -0.15) is 4.52 Å². The predicted molar refractivity (Wildman–Crippen MR) is 122 cm³/mol. The Labute approximate surface area is 191 Å². The molecular weight excluding hydrogens is 418 g/mol. The van der Waals surface area contributed by atoms with Gasteiger partial charge in [-0.15, -0.1) is 15.3 Å². The molecule has 0 N–H and O–H groups in total. The topological polar surface area (TPSA) is 96.2 Å². The Kier molecular flexibility index (Phi) is 5.16. The normalized spacial score (nSPS) is 11.9. The molecule has 0 unspecified atom stereocenters. The fraction of sp³-hybridized carbons (Fsp3) is 0.292. The third-order valence-corrected chi connectivity index (χ3v) is 5.36. The van der Waals surface area contributed by atoms with Crippen molar-refractivity contribution in [2.45, 2.75) is 46.3 Å². The Morgan fingerprint density at radius 1 is 1.06 bits per heavy atom. The molecule has 5 aromatic rings. The van der Waals surface area contributed by atoms with Crippen molar-refractivity contribution in [3.8, 4) is 17.4 Å². The molecule has 5 rings (SSSR count). The van der Waals surface area contributed by atoms with Crippen molar-refractivity contribution < 1.29 is 9.26 Å². The highest BCUT2D eigenvalue weighted by Crippen LogP contribution is 2.32. The van der Waals surface area contributed by atoms with E-state index in [4.69, 9.17) is 14.4 Å². The van der Waals surface area contributed by atoms with Crippen molar-refractivity contribution in [3.05, 3.63) is 77.6 Å². The van der Waals surface area contributed by atoms with Gasteiger partial charge in [-0.1, -0.05) is 56.3 Å². The minimum Gasteiger partial charge on any atom is -0.468 e. The fourth-order valence-electron chi connectivity index (χ4n) is 3.63. The molecule has 0 fully saturated rings. The number of rotatable bonds is 6. The van der Waals surface area contributed by atoms with Crippen LogP contribution in [-0.2, 0) is 18.6 Å². The largest absolute Gasteiger partial charge is 0.468 e. The van der Waals surface area contributed by atoms with E-state index in [2.05, 4.69) is 57.8 Å². The van der Waals surface area contributed by atoms with E-state index in [1.165, 1.54) is 5.56 Å². The van der Waals surface area contributed by atoms with Crippen LogP contribution in [0.15, 0.2) is 59.4 Å². The van der Waals surface area contributed by atoms with Crippen molar-refractivity contribution in [3.63, 3.8) is 0 Å². The molecule has 0 aliphatic heterocycles. The number of ether oxygens (including phenoxy) is 1. The van der Waals surface area contributed by atoms with Crippen LogP contribution in [0.25, 0.3) is 17.2 Å². The van der Waals surface area contributed by atoms with Crippen molar-refractivity contribution in [2.24, 2.45) is 0 Å². The molecule has 4 aromatic heterocycles. The molecule has 0 radical (unpaired) electrons. The molecule has 0 saturated heterocycles. The molecular formula is C24H25N7O2. The zero-order chi connectivity index (χ0) is 23.0. The summed E-state index contributed by atoms with van der Waals surface area (Å²) in [6.45, 7) is 9.17. The predicted octanol–water partition coefficient (Wildman–Crippen LogP) is 4.21. The highest BCUT2D eigenvalue weighted by molar-refractivity contribution is 5.56. The van der Waals surface area contributed by atoms with E-state index in [-0.39, 0.29) is 12.0 Å². The summed E-state index contributed by atoms with van der Waals surface area (Å²) >= 11 is 0. The number of hydrogen-bond donors (Lipinski definition) is 0. The number of aromatic nitrogens is 7. The smallest absolute Gasteiger partial charge is 0.236 e. The summed E-state index contributed by atoms with van der Waals surface area (Å²) in [6.07, 6.45) is 3.74. The summed E-state index contributed by atoms with van der Waals surface area (Å²) in [4.78, 5) is 4.50. The van der Waals surface area contributed by atoms with Crippen molar-refractivity contribution >= 4 is 5.65 Å².